The summed E-state index contributed by atoms with van der Waals surface area (Å²) in [5.41, 5.74) is 1.10. The fourth-order valence-corrected chi connectivity index (χ4v) is 2.63. The molecule has 8 heteroatoms. The average Bonchev–Trinajstić information content (AvgIpc) is 2.99. The van der Waals surface area contributed by atoms with Crippen molar-refractivity contribution in [1.29, 1.82) is 0 Å². The van der Waals surface area contributed by atoms with Crippen molar-refractivity contribution < 1.29 is 9.47 Å². The van der Waals surface area contributed by atoms with Crippen LogP contribution in [0.15, 0.2) is 29.3 Å². The third kappa shape index (κ3) is 5.96. The van der Waals surface area contributed by atoms with Crippen molar-refractivity contribution >= 4 is 5.96 Å². The number of para-hydroxylation sites is 1. The maximum absolute atomic E-state index is 5.46. The first kappa shape index (κ1) is 20.7. The quantitative estimate of drug-likeness (QED) is 0.409. The van der Waals surface area contributed by atoms with Crippen LogP contribution in [0.1, 0.15) is 23.6 Å². The molecule has 0 atom stereocenters. The number of ether oxygens (including phenoxy) is 2. The Morgan fingerprint density at radius 3 is 2.70 bits per heavy atom. The van der Waals surface area contributed by atoms with Crippen LogP contribution in [0.3, 0.4) is 0 Å². The van der Waals surface area contributed by atoms with Crippen molar-refractivity contribution in [1.82, 2.24) is 25.0 Å². The molecular weight excluding hydrogens is 344 g/mol. The van der Waals surface area contributed by atoms with E-state index in [1.54, 1.807) is 14.2 Å². The first-order valence-corrected chi connectivity index (χ1v) is 9.02. The Balaban J connectivity index is 2.12. The predicted molar refractivity (Wildman–Crippen MR) is 106 cm³/mol. The van der Waals surface area contributed by atoms with Gasteiger partial charge in [-0.3, -0.25) is 0 Å². The Bertz CT molecular complexity index is 744. The van der Waals surface area contributed by atoms with E-state index < -0.39 is 0 Å². The van der Waals surface area contributed by atoms with Crippen LogP contribution < -0.4 is 10.1 Å². The standard InChI is InChI=1S/C19H30N6O2/c1-15-22-23-18(25(15)3)13-21-19(20-11-8-12-26-4)24(2)14-16-9-6-7-10-17(16)27-5/h6-7,9-10H,8,11-14H2,1-5H3,(H,20,21). The molecule has 0 aliphatic rings. The third-order valence-electron chi connectivity index (χ3n) is 4.32. The molecule has 1 N–H and O–H groups in total. The van der Waals surface area contributed by atoms with E-state index in [4.69, 9.17) is 14.5 Å². The Labute approximate surface area is 161 Å². The summed E-state index contributed by atoms with van der Waals surface area (Å²) < 4.78 is 12.5. The van der Waals surface area contributed by atoms with Crippen LogP contribution in [0.5, 0.6) is 5.75 Å². The Morgan fingerprint density at radius 2 is 2.04 bits per heavy atom. The number of aliphatic imine (C=N–C) groups is 1. The maximum Gasteiger partial charge on any atom is 0.194 e. The molecule has 2 rings (SSSR count). The van der Waals surface area contributed by atoms with Crippen molar-refractivity contribution in [3.05, 3.63) is 41.5 Å². The van der Waals surface area contributed by atoms with Gasteiger partial charge >= 0.3 is 0 Å². The average molecular weight is 374 g/mol. The zero-order valence-corrected chi connectivity index (χ0v) is 16.9. The highest BCUT2D eigenvalue weighted by Crippen LogP contribution is 2.18. The number of hydrogen-bond acceptors (Lipinski definition) is 5. The van der Waals surface area contributed by atoms with Gasteiger partial charge in [0.25, 0.3) is 0 Å². The van der Waals surface area contributed by atoms with E-state index in [0.717, 1.165) is 41.9 Å². The number of methoxy groups -OCH3 is 2. The fraction of sp³-hybridized carbons (Fsp3) is 0.526. The molecule has 0 aliphatic carbocycles. The fourth-order valence-electron chi connectivity index (χ4n) is 2.63. The topological polar surface area (TPSA) is 76.8 Å². The molecule has 0 fully saturated rings. The minimum atomic E-state index is 0.459. The number of nitrogens with zero attached hydrogens (tertiary/aromatic N) is 5. The summed E-state index contributed by atoms with van der Waals surface area (Å²) >= 11 is 0. The number of nitrogens with one attached hydrogen (secondary N) is 1. The number of aromatic nitrogens is 3. The molecule has 0 radical (unpaired) electrons. The van der Waals surface area contributed by atoms with Crippen LogP contribution in [-0.2, 0) is 24.9 Å². The van der Waals surface area contributed by atoms with E-state index in [9.17, 15) is 0 Å². The number of hydrogen-bond donors (Lipinski definition) is 1. The molecule has 1 aromatic heterocycles. The molecule has 27 heavy (non-hydrogen) atoms. The van der Waals surface area contributed by atoms with E-state index in [-0.39, 0.29) is 0 Å². The summed E-state index contributed by atoms with van der Waals surface area (Å²) in [6.07, 6.45) is 0.904. The summed E-state index contributed by atoms with van der Waals surface area (Å²) in [7, 11) is 7.35. The first-order valence-electron chi connectivity index (χ1n) is 9.02. The Morgan fingerprint density at radius 1 is 1.26 bits per heavy atom. The molecule has 148 valence electrons. The summed E-state index contributed by atoms with van der Waals surface area (Å²) in [5.74, 6) is 3.37. The summed E-state index contributed by atoms with van der Waals surface area (Å²) in [4.78, 5) is 6.82. The van der Waals surface area contributed by atoms with Gasteiger partial charge in [0, 0.05) is 46.5 Å². The minimum absolute atomic E-state index is 0.459. The summed E-state index contributed by atoms with van der Waals surface area (Å²) in [6.45, 7) is 4.55. The van der Waals surface area contributed by atoms with Gasteiger partial charge in [-0.1, -0.05) is 18.2 Å². The van der Waals surface area contributed by atoms with Gasteiger partial charge in [-0.2, -0.15) is 0 Å². The van der Waals surface area contributed by atoms with Gasteiger partial charge in [0.15, 0.2) is 11.8 Å². The Hall–Kier alpha value is -2.61. The van der Waals surface area contributed by atoms with Crippen LogP contribution in [0.2, 0.25) is 0 Å². The summed E-state index contributed by atoms with van der Waals surface area (Å²) in [6, 6.07) is 8.01. The van der Waals surface area contributed by atoms with Gasteiger partial charge in [-0.25, -0.2) is 4.99 Å². The number of aryl methyl sites for hydroxylation is 1. The van der Waals surface area contributed by atoms with Crippen molar-refractivity contribution in [3.63, 3.8) is 0 Å². The lowest BCUT2D eigenvalue weighted by molar-refractivity contribution is 0.195. The SMILES string of the molecule is COCCCNC(=NCc1nnc(C)n1C)N(C)Cc1ccccc1OC. The zero-order chi connectivity index (χ0) is 19.6. The molecule has 0 amide bonds. The van der Waals surface area contributed by atoms with Crippen molar-refractivity contribution in [3.8, 4) is 5.75 Å². The molecule has 0 unspecified atom stereocenters. The van der Waals surface area contributed by atoms with Crippen LogP contribution in [0, 0.1) is 6.92 Å². The van der Waals surface area contributed by atoms with Gasteiger partial charge in [-0.05, 0) is 19.4 Å². The highest BCUT2D eigenvalue weighted by molar-refractivity contribution is 5.79. The van der Waals surface area contributed by atoms with Gasteiger partial charge in [0.1, 0.15) is 18.1 Å². The predicted octanol–water partition coefficient (Wildman–Crippen LogP) is 1.75. The maximum atomic E-state index is 5.46. The van der Waals surface area contributed by atoms with Gasteiger partial charge in [0.2, 0.25) is 0 Å². The second-order valence-electron chi connectivity index (χ2n) is 6.30. The number of rotatable bonds is 9. The normalized spacial score (nSPS) is 11.5. The monoisotopic (exact) mass is 374 g/mol. The second-order valence-corrected chi connectivity index (χ2v) is 6.30. The van der Waals surface area contributed by atoms with Gasteiger partial charge < -0.3 is 24.3 Å². The smallest absolute Gasteiger partial charge is 0.194 e. The molecule has 1 aromatic carbocycles. The van der Waals surface area contributed by atoms with Crippen molar-refractivity contribution in [2.24, 2.45) is 12.0 Å². The molecule has 2 aromatic rings. The van der Waals surface area contributed by atoms with Crippen molar-refractivity contribution in [2.45, 2.75) is 26.4 Å². The first-order chi connectivity index (χ1) is 13.1. The number of benzene rings is 1. The molecule has 1 heterocycles. The second kappa shape index (κ2) is 10.5. The largest absolute Gasteiger partial charge is 0.496 e. The van der Waals surface area contributed by atoms with E-state index in [1.165, 1.54) is 0 Å². The highest BCUT2D eigenvalue weighted by Gasteiger charge is 2.11. The van der Waals surface area contributed by atoms with E-state index >= 15 is 0 Å². The van der Waals surface area contributed by atoms with Crippen LogP contribution in [-0.4, -0.2) is 60.0 Å². The van der Waals surface area contributed by atoms with Gasteiger partial charge in [0.05, 0.1) is 7.11 Å². The molecule has 0 aliphatic heterocycles. The zero-order valence-electron chi connectivity index (χ0n) is 16.9. The Kier molecular flexibility index (Phi) is 8.06. The van der Waals surface area contributed by atoms with E-state index in [2.05, 4.69) is 26.5 Å². The molecule has 0 saturated carbocycles. The molecule has 0 bridgehead atoms. The summed E-state index contributed by atoms with van der Waals surface area (Å²) in [5, 5.41) is 11.7. The molecular formula is C19H30N6O2. The van der Waals surface area contributed by atoms with Crippen LogP contribution in [0.4, 0.5) is 0 Å². The lowest BCUT2D eigenvalue weighted by Crippen LogP contribution is -2.39. The molecule has 0 saturated heterocycles. The van der Waals surface area contributed by atoms with Crippen LogP contribution in [0.25, 0.3) is 0 Å². The highest BCUT2D eigenvalue weighted by atomic mass is 16.5. The number of guanidine groups is 1. The van der Waals surface area contributed by atoms with Gasteiger partial charge in [-0.15, -0.1) is 10.2 Å². The lowest BCUT2D eigenvalue weighted by atomic mass is 10.2. The molecule has 0 spiro atoms. The lowest BCUT2D eigenvalue weighted by Gasteiger charge is -2.23. The molecule has 8 nitrogen and oxygen atoms in total. The van der Waals surface area contributed by atoms with E-state index in [0.29, 0.717) is 19.7 Å². The third-order valence-corrected chi connectivity index (χ3v) is 4.32. The van der Waals surface area contributed by atoms with Crippen LogP contribution >= 0.6 is 0 Å². The van der Waals surface area contributed by atoms with Crippen molar-refractivity contribution in [2.75, 3.05) is 34.4 Å². The van der Waals surface area contributed by atoms with E-state index in [1.807, 2.05) is 43.8 Å². The minimum Gasteiger partial charge on any atom is -0.496 e.